The van der Waals surface area contributed by atoms with Crippen LogP contribution in [0.5, 0.6) is 0 Å². The van der Waals surface area contributed by atoms with Crippen LogP contribution in [-0.2, 0) is 24.2 Å². The van der Waals surface area contributed by atoms with Gasteiger partial charge in [0.15, 0.2) is 0 Å². The Morgan fingerprint density at radius 3 is 2.82 bits per heavy atom. The Morgan fingerprint density at radius 2 is 2.04 bits per heavy atom. The summed E-state index contributed by atoms with van der Waals surface area (Å²) in [5, 5.41) is 3.87. The number of nitrogens with zero attached hydrogens (tertiary/aromatic N) is 2. The van der Waals surface area contributed by atoms with E-state index in [-0.39, 0.29) is 11.6 Å². The predicted molar refractivity (Wildman–Crippen MR) is 109 cm³/mol. The minimum atomic E-state index is -0.257. The molecule has 0 bridgehead atoms. The molecule has 1 fully saturated rings. The number of nitrogens with one attached hydrogen (secondary N) is 1. The van der Waals surface area contributed by atoms with E-state index in [9.17, 15) is 9.59 Å². The first-order valence-corrected chi connectivity index (χ1v) is 11.3. The second-order valence-corrected chi connectivity index (χ2v) is 8.65. The molecule has 2 aliphatic rings. The van der Waals surface area contributed by atoms with E-state index in [1.807, 2.05) is 12.1 Å². The maximum absolute atomic E-state index is 12.7. The summed E-state index contributed by atoms with van der Waals surface area (Å²) in [6.07, 6.45) is 11.4. The number of hydrogen-bond donors (Lipinski definition) is 1. The van der Waals surface area contributed by atoms with Gasteiger partial charge in [-0.05, 0) is 50.7 Å². The average Bonchev–Trinajstić information content (AvgIpc) is 3.23. The summed E-state index contributed by atoms with van der Waals surface area (Å²) in [5.41, 5.74) is 1.93. The van der Waals surface area contributed by atoms with Crippen molar-refractivity contribution in [3.63, 3.8) is 0 Å². The van der Waals surface area contributed by atoms with Gasteiger partial charge >= 0.3 is 5.69 Å². The summed E-state index contributed by atoms with van der Waals surface area (Å²) >= 11 is 1.40. The van der Waals surface area contributed by atoms with Gasteiger partial charge in [-0.3, -0.25) is 9.36 Å². The molecule has 2 heterocycles. The third-order valence-electron chi connectivity index (χ3n) is 5.66. The van der Waals surface area contributed by atoms with Crippen molar-refractivity contribution in [1.29, 1.82) is 0 Å². The van der Waals surface area contributed by atoms with Crippen LogP contribution in [-0.4, -0.2) is 27.3 Å². The molecule has 0 spiro atoms. The zero-order chi connectivity index (χ0) is 19.3. The van der Waals surface area contributed by atoms with E-state index in [4.69, 9.17) is 4.42 Å². The molecule has 0 aromatic carbocycles. The maximum atomic E-state index is 12.7. The largest absolute Gasteiger partial charge is 0.467 e. The van der Waals surface area contributed by atoms with Crippen LogP contribution in [0.2, 0.25) is 0 Å². The van der Waals surface area contributed by atoms with Crippen molar-refractivity contribution in [3.8, 4) is 0 Å². The maximum Gasteiger partial charge on any atom is 0.349 e. The number of carbonyl (C=O) groups excluding carboxylic acids is 1. The van der Waals surface area contributed by atoms with E-state index in [0.29, 0.717) is 18.3 Å². The summed E-state index contributed by atoms with van der Waals surface area (Å²) in [5.74, 6) is 1.12. The van der Waals surface area contributed by atoms with Crippen molar-refractivity contribution in [2.75, 3.05) is 5.75 Å². The predicted octanol–water partition coefficient (Wildman–Crippen LogP) is 3.30. The summed E-state index contributed by atoms with van der Waals surface area (Å²) < 4.78 is 7.15. The summed E-state index contributed by atoms with van der Waals surface area (Å²) in [4.78, 5) is 29.4. The van der Waals surface area contributed by atoms with Gasteiger partial charge in [0.05, 0.1) is 18.6 Å². The van der Waals surface area contributed by atoms with Crippen LogP contribution in [0.15, 0.2) is 32.6 Å². The number of thioether (sulfide) groups is 1. The van der Waals surface area contributed by atoms with Gasteiger partial charge in [-0.2, -0.15) is 4.98 Å². The first-order chi connectivity index (χ1) is 13.7. The van der Waals surface area contributed by atoms with Gasteiger partial charge in [0.25, 0.3) is 0 Å². The second-order valence-electron chi connectivity index (χ2n) is 7.69. The lowest BCUT2D eigenvalue weighted by Gasteiger charge is -2.23. The highest BCUT2D eigenvalue weighted by atomic mass is 32.2. The highest BCUT2D eigenvalue weighted by molar-refractivity contribution is 7.99. The molecule has 2 aromatic heterocycles. The quantitative estimate of drug-likeness (QED) is 0.594. The van der Waals surface area contributed by atoms with Crippen molar-refractivity contribution < 1.29 is 9.21 Å². The van der Waals surface area contributed by atoms with E-state index < -0.39 is 0 Å². The standard InChI is InChI=1S/C21H27N3O3S/c25-19(22-15-7-2-1-3-8-15)14-28-20-17-10-4-5-11-18(17)24(21(26)23-20)13-16-9-6-12-27-16/h6,9,12,15H,1-5,7-8,10-11,13-14H2,(H,22,25). The van der Waals surface area contributed by atoms with E-state index in [2.05, 4.69) is 10.3 Å². The molecule has 0 atom stereocenters. The van der Waals surface area contributed by atoms with Crippen molar-refractivity contribution in [2.24, 2.45) is 0 Å². The lowest BCUT2D eigenvalue weighted by atomic mass is 9.95. The molecular formula is C21H27N3O3S. The molecule has 28 heavy (non-hydrogen) atoms. The molecule has 1 amide bonds. The van der Waals surface area contributed by atoms with Gasteiger partial charge < -0.3 is 9.73 Å². The topological polar surface area (TPSA) is 77.1 Å². The van der Waals surface area contributed by atoms with Crippen molar-refractivity contribution in [3.05, 3.63) is 45.9 Å². The van der Waals surface area contributed by atoms with Gasteiger partial charge in [0.2, 0.25) is 5.91 Å². The van der Waals surface area contributed by atoms with Gasteiger partial charge in [-0.25, -0.2) is 4.79 Å². The molecule has 0 aliphatic heterocycles. The Kier molecular flexibility index (Phi) is 6.20. The fraction of sp³-hybridized carbons (Fsp3) is 0.571. The molecule has 6 nitrogen and oxygen atoms in total. The van der Waals surface area contributed by atoms with Crippen molar-refractivity contribution >= 4 is 17.7 Å². The smallest absolute Gasteiger partial charge is 0.349 e. The molecule has 1 saturated carbocycles. The molecular weight excluding hydrogens is 374 g/mol. The highest BCUT2D eigenvalue weighted by Crippen LogP contribution is 2.29. The molecule has 2 aromatic rings. The van der Waals surface area contributed by atoms with Crippen LogP contribution in [0, 0.1) is 0 Å². The van der Waals surface area contributed by atoms with Crippen LogP contribution < -0.4 is 11.0 Å². The van der Waals surface area contributed by atoms with E-state index in [1.165, 1.54) is 31.0 Å². The molecule has 7 heteroatoms. The Morgan fingerprint density at radius 1 is 1.21 bits per heavy atom. The zero-order valence-corrected chi connectivity index (χ0v) is 16.9. The number of furan rings is 1. The Hall–Kier alpha value is -2.02. The van der Waals surface area contributed by atoms with Crippen LogP contribution in [0.4, 0.5) is 0 Å². The number of aromatic nitrogens is 2. The highest BCUT2D eigenvalue weighted by Gasteiger charge is 2.22. The summed E-state index contributed by atoms with van der Waals surface area (Å²) in [6.45, 7) is 0.411. The van der Waals surface area contributed by atoms with Gasteiger partial charge in [-0.1, -0.05) is 31.0 Å². The minimum absolute atomic E-state index is 0.0445. The van der Waals surface area contributed by atoms with Crippen LogP contribution in [0.25, 0.3) is 0 Å². The summed E-state index contributed by atoms with van der Waals surface area (Å²) in [6, 6.07) is 4.01. The van der Waals surface area contributed by atoms with Crippen LogP contribution in [0.3, 0.4) is 0 Å². The number of amides is 1. The first-order valence-electron chi connectivity index (χ1n) is 10.3. The second kappa shape index (κ2) is 8.99. The molecule has 1 N–H and O–H groups in total. The lowest BCUT2D eigenvalue weighted by molar-refractivity contribution is -0.119. The number of fused-ring (bicyclic) bond motifs is 1. The number of carbonyl (C=O) groups is 1. The summed E-state index contributed by atoms with van der Waals surface area (Å²) in [7, 11) is 0. The Bertz CT molecular complexity index is 870. The third-order valence-corrected chi connectivity index (χ3v) is 6.67. The monoisotopic (exact) mass is 401 g/mol. The van der Waals surface area contributed by atoms with Crippen molar-refractivity contribution in [1.82, 2.24) is 14.9 Å². The molecule has 150 valence electrons. The van der Waals surface area contributed by atoms with Crippen molar-refractivity contribution in [2.45, 2.75) is 75.4 Å². The average molecular weight is 402 g/mol. The van der Waals surface area contributed by atoms with Crippen LogP contribution >= 0.6 is 11.8 Å². The Balaban J connectivity index is 1.48. The number of rotatable bonds is 6. The van der Waals surface area contributed by atoms with Gasteiger partial charge in [-0.15, -0.1) is 0 Å². The first kappa shape index (κ1) is 19.3. The molecule has 0 unspecified atom stereocenters. The van der Waals surface area contributed by atoms with Gasteiger partial charge in [0.1, 0.15) is 10.8 Å². The Labute approximate surface area is 169 Å². The molecule has 2 aliphatic carbocycles. The lowest BCUT2D eigenvalue weighted by Crippen LogP contribution is -2.37. The van der Waals surface area contributed by atoms with Gasteiger partial charge in [0, 0.05) is 17.3 Å². The zero-order valence-electron chi connectivity index (χ0n) is 16.1. The molecule has 0 saturated heterocycles. The molecule has 0 radical (unpaired) electrons. The minimum Gasteiger partial charge on any atom is -0.467 e. The van der Waals surface area contributed by atoms with E-state index in [1.54, 1.807) is 10.8 Å². The molecule has 4 rings (SSSR count). The van der Waals surface area contributed by atoms with E-state index >= 15 is 0 Å². The van der Waals surface area contributed by atoms with Crippen LogP contribution in [0.1, 0.15) is 62.0 Å². The van der Waals surface area contributed by atoms with E-state index in [0.717, 1.165) is 60.6 Å². The fourth-order valence-electron chi connectivity index (χ4n) is 4.24. The third kappa shape index (κ3) is 4.51. The fourth-order valence-corrected chi connectivity index (χ4v) is 5.13. The SMILES string of the molecule is O=C(CSc1nc(=O)n(Cc2ccco2)c2c1CCCC2)NC1CCCCC1. The number of hydrogen-bond acceptors (Lipinski definition) is 5. The normalized spacial score (nSPS) is 17.3.